The zero-order valence-electron chi connectivity index (χ0n) is 46.1. The summed E-state index contributed by atoms with van der Waals surface area (Å²) in [5, 5.41) is 23.7. The number of hydrogen-bond donors (Lipinski definition) is 6. The minimum absolute atomic E-state index is 0.0134. The molecule has 81 heavy (non-hydrogen) atoms. The predicted molar refractivity (Wildman–Crippen MR) is 293 cm³/mol. The number of amides is 5. The van der Waals surface area contributed by atoms with Gasteiger partial charge in [0.25, 0.3) is 11.8 Å². The van der Waals surface area contributed by atoms with Crippen LogP contribution in [0.1, 0.15) is 122 Å². The first-order chi connectivity index (χ1) is 39.4. The number of aromatic nitrogens is 2. The maximum atomic E-state index is 13.1. The number of rotatable bonds is 38. The Morgan fingerprint density at radius 3 is 2.00 bits per heavy atom. The predicted octanol–water partition coefficient (Wildman–Crippen LogP) is 6.26. The van der Waals surface area contributed by atoms with E-state index in [4.69, 9.17) is 34.2 Å². The normalized spacial score (nSPS) is 15.3. The highest BCUT2D eigenvalue weighted by Gasteiger charge is 2.45. The number of halogens is 3. The van der Waals surface area contributed by atoms with Gasteiger partial charge in [0.2, 0.25) is 23.7 Å². The number of nitrogens with two attached hydrogens (primary N) is 1. The molecule has 1 unspecified atom stereocenters. The topological polar surface area (TPSA) is 289 Å². The largest absolute Gasteiger partial charge is 0.573 e. The summed E-state index contributed by atoms with van der Waals surface area (Å²) in [6.45, 7) is 7.58. The number of anilines is 3. The van der Waals surface area contributed by atoms with Gasteiger partial charge in [-0.2, -0.15) is 10.2 Å². The molecule has 0 bridgehead atoms. The van der Waals surface area contributed by atoms with Crippen LogP contribution in [0.3, 0.4) is 0 Å². The van der Waals surface area contributed by atoms with Crippen LogP contribution in [0.5, 0.6) is 5.75 Å². The van der Waals surface area contributed by atoms with Crippen molar-refractivity contribution in [1.82, 2.24) is 25.5 Å². The number of carbonyl (C=O) groups is 5. The van der Waals surface area contributed by atoms with Crippen molar-refractivity contribution in [3.05, 3.63) is 70.9 Å². The second kappa shape index (κ2) is 37.5. The number of ether oxygens (including phenoxy) is 7. The summed E-state index contributed by atoms with van der Waals surface area (Å²) < 4.78 is 74.7. The number of carbonyl (C=O) groups excluding carboxylic acids is 5. The summed E-state index contributed by atoms with van der Waals surface area (Å²) in [6, 6.07) is 11.8. The minimum atomic E-state index is -4.77. The Balaban J connectivity index is 0.000000348. The Bertz CT molecular complexity index is 2450. The van der Waals surface area contributed by atoms with Gasteiger partial charge in [0.05, 0.1) is 96.6 Å². The van der Waals surface area contributed by atoms with E-state index < -0.39 is 36.0 Å². The lowest BCUT2D eigenvalue weighted by atomic mass is 9.89. The summed E-state index contributed by atoms with van der Waals surface area (Å²) in [5.41, 5.74) is 7.03. The molecule has 1 atom stereocenters. The Morgan fingerprint density at radius 2 is 1.36 bits per heavy atom. The fraction of sp³-hybridized carbons (Fsp3) is 0.607. The van der Waals surface area contributed by atoms with Gasteiger partial charge in [0.1, 0.15) is 29.2 Å². The number of nitrogens with one attached hydrogen (secondary N) is 5. The molecule has 1 aliphatic carbocycles. The summed E-state index contributed by atoms with van der Waals surface area (Å²) in [5.74, 6) is -1.24. The molecule has 0 radical (unpaired) electrons. The van der Waals surface area contributed by atoms with Crippen molar-refractivity contribution < 1.29 is 70.3 Å². The van der Waals surface area contributed by atoms with E-state index in [1.54, 1.807) is 24.3 Å². The van der Waals surface area contributed by atoms with Crippen LogP contribution in [0.25, 0.3) is 0 Å². The number of alkyl halides is 3. The first kappa shape index (κ1) is 65.3. The lowest BCUT2D eigenvalue weighted by Crippen LogP contribution is -2.54. The highest BCUT2D eigenvalue weighted by molar-refractivity contribution is 6.25. The summed E-state index contributed by atoms with van der Waals surface area (Å²) in [6.07, 6.45) is 9.95. The number of nitrogens with zero attached hydrogens (tertiary/aromatic N) is 4. The van der Waals surface area contributed by atoms with Gasteiger partial charge in [-0.15, -0.1) is 13.2 Å². The molecule has 446 valence electrons. The highest BCUT2D eigenvalue weighted by Crippen LogP contribution is 2.33. The van der Waals surface area contributed by atoms with Crippen LogP contribution in [0.2, 0.25) is 0 Å². The molecule has 5 amide bonds. The van der Waals surface area contributed by atoms with Gasteiger partial charge in [-0.25, -0.2) is 4.98 Å². The van der Waals surface area contributed by atoms with E-state index in [1.165, 1.54) is 62.9 Å². The Morgan fingerprint density at radius 1 is 0.728 bits per heavy atom. The number of imide groups is 2. The van der Waals surface area contributed by atoms with Gasteiger partial charge >= 0.3 is 6.36 Å². The number of benzene rings is 2. The van der Waals surface area contributed by atoms with E-state index in [9.17, 15) is 42.4 Å². The van der Waals surface area contributed by atoms with E-state index in [-0.39, 0.29) is 48.1 Å². The van der Waals surface area contributed by atoms with Gasteiger partial charge in [0, 0.05) is 50.3 Å². The van der Waals surface area contributed by atoms with Crippen LogP contribution in [0.15, 0.2) is 48.7 Å². The van der Waals surface area contributed by atoms with Crippen LogP contribution < -0.4 is 37.1 Å². The Labute approximate surface area is 471 Å². The zero-order chi connectivity index (χ0) is 57.9. The number of fused-ring (bicyclic) bond motifs is 1. The second-order valence-electron chi connectivity index (χ2n) is 19.2. The van der Waals surface area contributed by atoms with Gasteiger partial charge in [-0.3, -0.25) is 34.2 Å². The Hall–Kier alpha value is -6.53. The molecule has 3 aliphatic rings. The van der Waals surface area contributed by atoms with E-state index in [1.807, 2.05) is 0 Å². The average molecular weight is 1140 g/mol. The van der Waals surface area contributed by atoms with Crippen LogP contribution in [0, 0.1) is 17.2 Å². The first-order valence-corrected chi connectivity index (χ1v) is 28.0. The van der Waals surface area contributed by atoms with Crippen molar-refractivity contribution in [3.63, 3.8) is 0 Å². The molecule has 0 spiro atoms. The molecule has 3 heterocycles. The van der Waals surface area contributed by atoms with Gasteiger partial charge < -0.3 is 60.2 Å². The third-order valence-electron chi connectivity index (χ3n) is 13.1. The SMILES string of the molecule is N#Cc1cnc(NCc2ccccc2OC(F)(F)F)nc1NCC1CCCCC1.NCCCCCCCCNC(=O)CCOCCOCCOCCOCCOCCOCCNc1cccc2c1C(=O)N(C1CCC(=O)NC1=O)C2=O. The molecule has 3 aromatic rings. The molecule has 6 rings (SSSR count). The fourth-order valence-electron chi connectivity index (χ4n) is 8.94. The maximum absolute atomic E-state index is 13.1. The number of nitriles is 1. The number of hydrogen-bond acceptors (Lipinski definition) is 19. The molecular weight excluding hydrogens is 1060 g/mol. The molecule has 2 fully saturated rings. The lowest BCUT2D eigenvalue weighted by Gasteiger charge is -2.27. The fourth-order valence-corrected chi connectivity index (χ4v) is 8.94. The van der Waals surface area contributed by atoms with Crippen LogP contribution in [-0.4, -0.2) is 162 Å². The van der Waals surface area contributed by atoms with Crippen molar-refractivity contribution >= 4 is 47.0 Å². The second-order valence-corrected chi connectivity index (χ2v) is 19.2. The smallest absolute Gasteiger partial charge is 0.405 e. The third kappa shape index (κ3) is 24.6. The quantitative estimate of drug-likeness (QED) is 0.0273. The van der Waals surface area contributed by atoms with Crippen molar-refractivity contribution in [1.29, 1.82) is 5.26 Å². The van der Waals surface area contributed by atoms with Crippen molar-refractivity contribution in [2.45, 2.75) is 109 Å². The first-order valence-electron chi connectivity index (χ1n) is 28.0. The van der Waals surface area contributed by atoms with E-state index in [2.05, 4.69) is 47.4 Å². The molecule has 1 saturated heterocycles. The summed E-state index contributed by atoms with van der Waals surface area (Å²) in [7, 11) is 0. The molecule has 1 aromatic heterocycles. The van der Waals surface area contributed by atoms with Crippen molar-refractivity contribution in [2.24, 2.45) is 11.7 Å². The summed E-state index contributed by atoms with van der Waals surface area (Å²) in [4.78, 5) is 71.1. The van der Waals surface area contributed by atoms with Crippen LogP contribution in [-0.2, 0) is 49.3 Å². The van der Waals surface area contributed by atoms with Crippen molar-refractivity contribution in [3.8, 4) is 11.8 Å². The van der Waals surface area contributed by atoms with Crippen LogP contribution in [0.4, 0.5) is 30.6 Å². The van der Waals surface area contributed by atoms with Gasteiger partial charge in [-0.1, -0.05) is 69.2 Å². The monoisotopic (exact) mass is 1140 g/mol. The number of piperidine rings is 1. The average Bonchev–Trinajstić information content (AvgIpc) is 4.00. The zero-order valence-corrected chi connectivity index (χ0v) is 46.1. The third-order valence-corrected chi connectivity index (χ3v) is 13.1. The standard InChI is InChI=1S/C36H57N5O11.C20H22F3N5O/c37-13-5-3-1-2-4-6-14-39-31(42)12-16-47-18-20-49-22-24-51-26-27-52-25-23-50-21-19-48-17-15-38-29-9-7-8-28-33(29)36(46)41(35(28)45)30-10-11-32(43)40-34(30)44;21-20(22,23)29-17-9-5-4-8-15(17)12-26-19-27-13-16(10-24)18(28-19)25-11-14-6-2-1-3-7-14/h7-9,30,38H,1-6,10-27,37H2,(H,39,42)(H,40,43,44);4-5,8-9,13-14H,1-3,6-7,11-12H2,(H2,25,26,27,28). The van der Waals surface area contributed by atoms with E-state index >= 15 is 0 Å². The molecule has 25 heteroatoms. The number of unbranched alkanes of at least 4 members (excludes halogenated alkanes) is 5. The molecule has 1 saturated carbocycles. The molecule has 2 aliphatic heterocycles. The lowest BCUT2D eigenvalue weighted by molar-refractivity contribution is -0.274. The number of para-hydroxylation sites is 1. The van der Waals surface area contributed by atoms with E-state index in [0.717, 1.165) is 50.1 Å². The van der Waals surface area contributed by atoms with Crippen molar-refractivity contribution in [2.75, 3.05) is 121 Å². The van der Waals surface area contributed by atoms with Crippen LogP contribution >= 0.6 is 0 Å². The van der Waals surface area contributed by atoms with Gasteiger partial charge in [-0.05, 0) is 62.8 Å². The Kier molecular flexibility index (Phi) is 30.2. The maximum Gasteiger partial charge on any atom is 0.573 e. The molecule has 7 N–H and O–H groups in total. The summed E-state index contributed by atoms with van der Waals surface area (Å²) >= 11 is 0. The van der Waals surface area contributed by atoms with Gasteiger partial charge in [0.15, 0.2) is 0 Å². The minimum Gasteiger partial charge on any atom is -0.405 e. The van der Waals surface area contributed by atoms with E-state index in [0.29, 0.717) is 127 Å². The molecule has 2 aromatic carbocycles. The molecular formula is C56H79F3N10O12. The molecule has 22 nitrogen and oxygen atoms in total. The highest BCUT2D eigenvalue weighted by atomic mass is 19.4.